The van der Waals surface area contributed by atoms with E-state index in [1.807, 2.05) is 25.1 Å². The van der Waals surface area contributed by atoms with Crippen molar-refractivity contribution >= 4 is 33.7 Å². The van der Waals surface area contributed by atoms with Gasteiger partial charge < -0.3 is 15.5 Å². The molecule has 1 aliphatic rings. The molecule has 1 aliphatic carbocycles. The van der Waals surface area contributed by atoms with Gasteiger partial charge in [0.15, 0.2) is 0 Å². The van der Waals surface area contributed by atoms with E-state index in [1.54, 1.807) is 54.9 Å². The number of rotatable bonds is 7. The molecule has 1 saturated carbocycles. The summed E-state index contributed by atoms with van der Waals surface area (Å²) in [6.07, 6.45) is 5.03. The summed E-state index contributed by atoms with van der Waals surface area (Å²) in [7, 11) is 0. The normalized spacial score (nSPS) is 13.7. The van der Waals surface area contributed by atoms with Crippen LogP contribution in [0.5, 0.6) is 0 Å². The van der Waals surface area contributed by atoms with Gasteiger partial charge in [0.2, 0.25) is 0 Å². The average Bonchev–Trinajstić information content (AvgIpc) is 3.70. The van der Waals surface area contributed by atoms with Gasteiger partial charge in [-0.15, -0.1) is 0 Å². The SMILES string of the molecule is Cc1ccc(C(=O)NC2(c3ccc4ccncc4n3)CC2)cc1-c1ccc2oc(Cc3ccc(F)cc3)c(C(N)=O)c2c1F. The Morgan fingerprint density at radius 1 is 0.977 bits per heavy atom. The Hall–Kier alpha value is -5.44. The highest BCUT2D eigenvalue weighted by molar-refractivity contribution is 6.08. The maximum absolute atomic E-state index is 16.3. The van der Waals surface area contributed by atoms with E-state index in [2.05, 4.69) is 10.3 Å². The Morgan fingerprint density at radius 2 is 1.77 bits per heavy atom. The summed E-state index contributed by atoms with van der Waals surface area (Å²) in [6.45, 7) is 1.82. The highest BCUT2D eigenvalue weighted by Gasteiger charge is 2.47. The molecule has 3 heterocycles. The standard InChI is InChI=1S/C35H26F2N4O3/c1-19-2-5-22(34(43)41-35(13-14-35)29-11-6-21-12-15-39-18-26(21)40-29)17-25(19)24-9-10-27-30(32(24)37)31(33(38)42)28(44-27)16-20-3-7-23(36)8-4-20/h2-12,15,17-18H,13-14,16H2,1H3,(H2,38,42)(H,41,43). The quantitative estimate of drug-likeness (QED) is 0.215. The van der Waals surface area contributed by atoms with Crippen LogP contribution in [0, 0.1) is 18.6 Å². The maximum Gasteiger partial charge on any atom is 0.253 e. The van der Waals surface area contributed by atoms with Crippen LogP contribution < -0.4 is 11.1 Å². The molecule has 218 valence electrons. The number of furan rings is 1. The van der Waals surface area contributed by atoms with E-state index in [4.69, 9.17) is 15.1 Å². The number of aryl methyl sites for hydroxylation is 1. The number of nitrogens with one attached hydrogen (secondary N) is 1. The molecule has 0 bridgehead atoms. The molecule has 0 atom stereocenters. The number of halogens is 2. The van der Waals surface area contributed by atoms with Gasteiger partial charge in [-0.3, -0.25) is 14.6 Å². The number of hydrogen-bond donors (Lipinski definition) is 2. The second kappa shape index (κ2) is 10.4. The zero-order chi connectivity index (χ0) is 30.6. The van der Waals surface area contributed by atoms with Crippen LogP contribution in [0.3, 0.4) is 0 Å². The summed E-state index contributed by atoms with van der Waals surface area (Å²) in [5, 5.41) is 4.08. The molecule has 9 heteroatoms. The Balaban J connectivity index is 1.23. The van der Waals surface area contributed by atoms with Crippen LogP contribution in [0.25, 0.3) is 33.0 Å². The first kappa shape index (κ1) is 27.4. The lowest BCUT2D eigenvalue weighted by molar-refractivity contribution is 0.0929. The first-order chi connectivity index (χ1) is 21.2. The topological polar surface area (TPSA) is 111 Å². The highest BCUT2D eigenvalue weighted by atomic mass is 19.1. The zero-order valence-corrected chi connectivity index (χ0v) is 23.7. The van der Waals surface area contributed by atoms with Crippen LogP contribution in [0.1, 0.15) is 56.1 Å². The molecule has 3 aromatic heterocycles. The molecular formula is C35H26F2N4O3. The first-order valence-electron chi connectivity index (χ1n) is 14.2. The molecule has 0 unspecified atom stereocenters. The van der Waals surface area contributed by atoms with Crippen LogP contribution in [0.4, 0.5) is 8.78 Å². The number of carbonyl (C=O) groups is 2. The van der Waals surface area contributed by atoms with Crippen molar-refractivity contribution in [2.24, 2.45) is 5.73 Å². The highest BCUT2D eigenvalue weighted by Crippen LogP contribution is 2.45. The van der Waals surface area contributed by atoms with Crippen LogP contribution in [-0.4, -0.2) is 21.8 Å². The van der Waals surface area contributed by atoms with Crippen LogP contribution >= 0.6 is 0 Å². The number of aromatic nitrogens is 2. The number of fused-ring (bicyclic) bond motifs is 2. The average molecular weight is 589 g/mol. The Bertz CT molecular complexity index is 2120. The fraction of sp³-hybridized carbons (Fsp3) is 0.143. The second-order valence-corrected chi connectivity index (χ2v) is 11.2. The largest absolute Gasteiger partial charge is 0.460 e. The van der Waals surface area contributed by atoms with E-state index in [1.165, 1.54) is 12.1 Å². The van der Waals surface area contributed by atoms with Gasteiger partial charge in [-0.1, -0.05) is 24.3 Å². The van der Waals surface area contributed by atoms with Crippen molar-refractivity contribution in [3.05, 3.63) is 131 Å². The number of hydrogen-bond acceptors (Lipinski definition) is 5. The summed E-state index contributed by atoms with van der Waals surface area (Å²) in [5.74, 6) is -2.03. The summed E-state index contributed by atoms with van der Waals surface area (Å²) >= 11 is 0. The number of pyridine rings is 2. The van der Waals surface area contributed by atoms with Crippen molar-refractivity contribution in [3.8, 4) is 11.1 Å². The van der Waals surface area contributed by atoms with Crippen molar-refractivity contribution in [1.82, 2.24) is 15.3 Å². The van der Waals surface area contributed by atoms with Gasteiger partial charge in [0.05, 0.1) is 33.9 Å². The van der Waals surface area contributed by atoms with E-state index in [-0.39, 0.29) is 40.2 Å². The van der Waals surface area contributed by atoms with Gasteiger partial charge in [0, 0.05) is 29.1 Å². The van der Waals surface area contributed by atoms with E-state index < -0.39 is 23.1 Å². The minimum absolute atomic E-state index is 0.0323. The number of primary amides is 1. The van der Waals surface area contributed by atoms with E-state index in [0.29, 0.717) is 16.7 Å². The molecule has 3 aromatic carbocycles. The molecule has 1 fully saturated rings. The molecule has 7 rings (SSSR count). The summed E-state index contributed by atoms with van der Waals surface area (Å²) in [6, 6.07) is 19.8. The van der Waals surface area contributed by atoms with E-state index >= 15 is 4.39 Å². The lowest BCUT2D eigenvalue weighted by atomic mass is 9.95. The molecule has 2 amide bonds. The number of amides is 2. The number of benzene rings is 3. The number of nitrogens with zero attached hydrogens (tertiary/aromatic N) is 2. The smallest absolute Gasteiger partial charge is 0.253 e. The van der Waals surface area contributed by atoms with Crippen molar-refractivity contribution in [3.63, 3.8) is 0 Å². The van der Waals surface area contributed by atoms with Crippen molar-refractivity contribution < 1.29 is 22.8 Å². The third kappa shape index (κ3) is 4.76. The molecular weight excluding hydrogens is 562 g/mol. The molecule has 0 spiro atoms. The minimum Gasteiger partial charge on any atom is -0.460 e. The van der Waals surface area contributed by atoms with Gasteiger partial charge >= 0.3 is 0 Å². The molecule has 0 saturated heterocycles. The van der Waals surface area contributed by atoms with Gasteiger partial charge in [-0.05, 0) is 85.0 Å². The maximum atomic E-state index is 16.3. The number of nitrogens with two attached hydrogens (primary N) is 1. The first-order valence-corrected chi connectivity index (χ1v) is 14.2. The predicted octanol–water partition coefficient (Wildman–Crippen LogP) is 6.74. The lowest BCUT2D eigenvalue weighted by Crippen LogP contribution is -2.35. The molecule has 0 radical (unpaired) electrons. The van der Waals surface area contributed by atoms with Gasteiger partial charge in [0.25, 0.3) is 11.8 Å². The summed E-state index contributed by atoms with van der Waals surface area (Å²) < 4.78 is 35.6. The molecule has 6 aromatic rings. The predicted molar refractivity (Wildman–Crippen MR) is 162 cm³/mol. The summed E-state index contributed by atoms with van der Waals surface area (Å²) in [4.78, 5) is 35.0. The van der Waals surface area contributed by atoms with E-state index in [0.717, 1.165) is 35.0 Å². The fourth-order valence-corrected chi connectivity index (χ4v) is 5.73. The summed E-state index contributed by atoms with van der Waals surface area (Å²) in [5.41, 5.74) is 9.22. The zero-order valence-electron chi connectivity index (χ0n) is 23.7. The third-order valence-corrected chi connectivity index (χ3v) is 8.27. The third-order valence-electron chi connectivity index (χ3n) is 8.27. The van der Waals surface area contributed by atoms with Crippen molar-refractivity contribution in [2.45, 2.75) is 31.7 Å². The van der Waals surface area contributed by atoms with Crippen molar-refractivity contribution in [2.75, 3.05) is 0 Å². The Kier molecular flexibility index (Phi) is 6.46. The van der Waals surface area contributed by atoms with Gasteiger partial charge in [-0.25, -0.2) is 13.8 Å². The van der Waals surface area contributed by atoms with Crippen molar-refractivity contribution in [1.29, 1.82) is 0 Å². The minimum atomic E-state index is -0.838. The van der Waals surface area contributed by atoms with Crippen LogP contribution in [-0.2, 0) is 12.0 Å². The van der Waals surface area contributed by atoms with E-state index in [9.17, 15) is 14.0 Å². The molecule has 44 heavy (non-hydrogen) atoms. The van der Waals surface area contributed by atoms with Crippen LogP contribution in [0.2, 0.25) is 0 Å². The molecule has 0 aliphatic heterocycles. The second-order valence-electron chi connectivity index (χ2n) is 11.2. The van der Waals surface area contributed by atoms with Crippen LogP contribution in [0.15, 0.2) is 89.6 Å². The molecule has 7 nitrogen and oxygen atoms in total. The Morgan fingerprint density at radius 3 is 2.52 bits per heavy atom. The Labute approximate surface area is 250 Å². The molecule has 3 N–H and O–H groups in total. The van der Waals surface area contributed by atoms with Gasteiger partial charge in [-0.2, -0.15) is 0 Å². The fourth-order valence-electron chi connectivity index (χ4n) is 5.73. The lowest BCUT2D eigenvalue weighted by Gasteiger charge is -2.18. The van der Waals surface area contributed by atoms with Gasteiger partial charge in [0.1, 0.15) is 23.0 Å². The monoisotopic (exact) mass is 588 g/mol. The number of carbonyl (C=O) groups excluding carboxylic acids is 2.